The number of nitrogens with zero attached hydrogens (tertiary/aromatic N) is 3. The normalized spacial score (nSPS) is 11.5. The molecule has 1 heterocycles. The highest BCUT2D eigenvalue weighted by Gasteiger charge is 2.35. The number of primary amides is 1. The molecule has 1 amide bonds. The minimum absolute atomic E-state index is 0.214. The van der Waals surface area contributed by atoms with Crippen LogP contribution in [0.2, 0.25) is 5.02 Å². The van der Waals surface area contributed by atoms with Crippen LogP contribution in [0.4, 0.5) is 23.7 Å². The average Bonchev–Trinajstić information content (AvgIpc) is 2.83. The van der Waals surface area contributed by atoms with E-state index >= 15 is 0 Å². The lowest BCUT2D eigenvalue weighted by molar-refractivity contribution is -0.385. The topological polar surface area (TPSA) is 113 Å². The van der Waals surface area contributed by atoms with E-state index in [1.54, 1.807) is 6.92 Å². The van der Waals surface area contributed by atoms with Crippen LogP contribution in [0.3, 0.4) is 0 Å². The molecule has 1 aromatic heterocycles. The molecule has 0 saturated heterocycles. The Morgan fingerprint density at radius 1 is 1.46 bits per heavy atom. The molecule has 140 valence electrons. The van der Waals surface area contributed by atoms with Gasteiger partial charge in [-0.05, 0) is 19.4 Å². The number of benzene rings is 1. The monoisotopic (exact) mass is 392 g/mol. The van der Waals surface area contributed by atoms with Crippen LogP contribution in [0.1, 0.15) is 23.7 Å². The summed E-state index contributed by atoms with van der Waals surface area (Å²) in [7, 11) is 0. The number of aromatic nitrogens is 2. The maximum Gasteiger partial charge on any atom is 0.416 e. The number of ether oxygens (including phenoxy) is 1. The Balaban J connectivity index is 2.62. The van der Waals surface area contributed by atoms with Gasteiger partial charge in [-0.25, -0.2) is 4.79 Å². The summed E-state index contributed by atoms with van der Waals surface area (Å²) >= 11 is 5.78. The zero-order chi connectivity index (χ0) is 19.8. The number of carbonyl (C=O) groups is 1. The van der Waals surface area contributed by atoms with E-state index < -0.39 is 39.2 Å². The number of amides is 1. The second-order valence-electron chi connectivity index (χ2n) is 5.14. The smallest absolute Gasteiger partial charge is 0.416 e. The maximum atomic E-state index is 12.8. The van der Waals surface area contributed by atoms with Crippen molar-refractivity contribution in [3.63, 3.8) is 0 Å². The summed E-state index contributed by atoms with van der Waals surface area (Å²) in [4.78, 5) is 21.5. The van der Waals surface area contributed by atoms with E-state index in [1.165, 1.54) is 6.92 Å². The maximum absolute atomic E-state index is 12.8. The molecule has 0 aliphatic carbocycles. The second kappa shape index (κ2) is 6.83. The van der Waals surface area contributed by atoms with Gasteiger partial charge >= 0.3 is 17.9 Å². The molecule has 0 fully saturated rings. The highest BCUT2D eigenvalue weighted by Crippen LogP contribution is 2.43. The van der Waals surface area contributed by atoms with Crippen molar-refractivity contribution < 1.29 is 27.6 Å². The van der Waals surface area contributed by atoms with Crippen molar-refractivity contribution in [2.75, 3.05) is 0 Å². The first-order valence-corrected chi connectivity index (χ1v) is 7.46. The predicted octanol–water partition coefficient (Wildman–Crippen LogP) is 4.05. The Kier molecular flexibility index (Phi) is 5.12. The first kappa shape index (κ1) is 19.5. The Morgan fingerprint density at radius 2 is 2.08 bits per heavy atom. The highest BCUT2D eigenvalue weighted by atomic mass is 35.5. The van der Waals surface area contributed by atoms with Gasteiger partial charge in [0.2, 0.25) is 11.6 Å². The van der Waals surface area contributed by atoms with Crippen LogP contribution in [-0.4, -0.2) is 20.7 Å². The average molecular weight is 393 g/mol. The fourth-order valence-corrected chi connectivity index (χ4v) is 2.54. The molecule has 1 aromatic carbocycles. The van der Waals surface area contributed by atoms with Crippen LogP contribution < -0.4 is 10.5 Å². The van der Waals surface area contributed by atoms with Gasteiger partial charge in [-0.3, -0.25) is 10.1 Å². The third kappa shape index (κ3) is 3.57. The number of rotatable bonds is 4. The molecule has 2 N–H and O–H groups in total. The van der Waals surface area contributed by atoms with Crippen molar-refractivity contribution in [3.8, 4) is 11.6 Å². The SMILES string of the molecule is CCc1c(Oc2c(Cl)cc(C(F)(F)F)cc2[N+](=O)[O-])nn(C(N)=O)c1C. The van der Waals surface area contributed by atoms with E-state index in [4.69, 9.17) is 22.1 Å². The third-order valence-corrected chi connectivity index (χ3v) is 3.79. The van der Waals surface area contributed by atoms with E-state index in [-0.39, 0.29) is 5.88 Å². The molecule has 0 aliphatic rings. The molecule has 0 aliphatic heterocycles. The quantitative estimate of drug-likeness (QED) is 0.622. The number of nitrogens with two attached hydrogens (primary N) is 1. The molecule has 0 spiro atoms. The highest BCUT2D eigenvalue weighted by molar-refractivity contribution is 6.32. The van der Waals surface area contributed by atoms with Crippen LogP contribution in [-0.2, 0) is 12.6 Å². The lowest BCUT2D eigenvalue weighted by Crippen LogP contribution is -2.22. The zero-order valence-electron chi connectivity index (χ0n) is 13.4. The van der Waals surface area contributed by atoms with Crippen LogP contribution in [0.25, 0.3) is 0 Å². The largest absolute Gasteiger partial charge is 0.428 e. The van der Waals surface area contributed by atoms with Gasteiger partial charge in [0, 0.05) is 11.6 Å². The van der Waals surface area contributed by atoms with Crippen molar-refractivity contribution in [1.29, 1.82) is 0 Å². The molecule has 26 heavy (non-hydrogen) atoms. The molecule has 0 bridgehead atoms. The van der Waals surface area contributed by atoms with Gasteiger partial charge in [-0.1, -0.05) is 18.5 Å². The molecule has 12 heteroatoms. The van der Waals surface area contributed by atoms with Gasteiger partial charge in [-0.2, -0.15) is 17.9 Å². The third-order valence-electron chi connectivity index (χ3n) is 3.51. The van der Waals surface area contributed by atoms with Crippen LogP contribution in [0.15, 0.2) is 12.1 Å². The van der Waals surface area contributed by atoms with Crippen molar-refractivity contribution in [2.24, 2.45) is 5.73 Å². The lowest BCUT2D eigenvalue weighted by Gasteiger charge is -2.11. The Bertz CT molecular complexity index is 895. The molecule has 2 aromatic rings. The Hall–Kier alpha value is -2.82. The molecule has 0 unspecified atom stereocenters. The van der Waals surface area contributed by atoms with Gasteiger partial charge in [0.25, 0.3) is 0 Å². The summed E-state index contributed by atoms with van der Waals surface area (Å²) in [5.74, 6) is -0.831. The Morgan fingerprint density at radius 3 is 2.54 bits per heavy atom. The predicted molar refractivity (Wildman–Crippen MR) is 84.5 cm³/mol. The number of hydrogen-bond acceptors (Lipinski definition) is 5. The van der Waals surface area contributed by atoms with E-state index in [0.717, 1.165) is 4.68 Å². The number of nitro benzene ring substituents is 1. The summed E-state index contributed by atoms with van der Waals surface area (Å²) < 4.78 is 44.7. The van der Waals surface area contributed by atoms with E-state index in [0.29, 0.717) is 29.8 Å². The number of halogens is 4. The summed E-state index contributed by atoms with van der Waals surface area (Å²) in [6.07, 6.45) is -4.51. The van der Waals surface area contributed by atoms with Gasteiger partial charge in [0.15, 0.2) is 0 Å². The van der Waals surface area contributed by atoms with Crippen molar-refractivity contribution in [3.05, 3.63) is 44.1 Å². The minimum atomic E-state index is -4.83. The van der Waals surface area contributed by atoms with E-state index in [1.807, 2.05) is 0 Å². The molecule has 0 saturated carbocycles. The Labute approximate surface area is 149 Å². The molecular weight excluding hydrogens is 381 g/mol. The fourth-order valence-electron chi connectivity index (χ4n) is 2.29. The second-order valence-corrected chi connectivity index (χ2v) is 5.54. The van der Waals surface area contributed by atoms with E-state index in [9.17, 15) is 28.1 Å². The van der Waals surface area contributed by atoms with Crippen LogP contribution in [0, 0.1) is 17.0 Å². The van der Waals surface area contributed by atoms with Crippen molar-refractivity contribution in [1.82, 2.24) is 9.78 Å². The van der Waals surface area contributed by atoms with E-state index in [2.05, 4.69) is 5.10 Å². The van der Waals surface area contributed by atoms with Crippen LogP contribution in [0.5, 0.6) is 11.6 Å². The number of nitro groups is 1. The molecule has 8 nitrogen and oxygen atoms in total. The molecule has 0 radical (unpaired) electrons. The molecule has 2 rings (SSSR count). The zero-order valence-corrected chi connectivity index (χ0v) is 14.2. The van der Waals surface area contributed by atoms with Gasteiger partial charge in [0.1, 0.15) is 0 Å². The minimum Gasteiger partial charge on any atom is -0.428 e. The molecule has 0 atom stereocenters. The summed E-state index contributed by atoms with van der Waals surface area (Å²) in [6.45, 7) is 3.22. The van der Waals surface area contributed by atoms with Gasteiger partial charge < -0.3 is 10.5 Å². The fraction of sp³-hybridized carbons (Fsp3) is 0.286. The number of carbonyl (C=O) groups excluding carboxylic acids is 1. The number of alkyl halides is 3. The lowest BCUT2D eigenvalue weighted by atomic mass is 10.1. The van der Waals surface area contributed by atoms with Crippen LogP contribution >= 0.6 is 11.6 Å². The standard InChI is InChI=1S/C14H12ClF3N4O4/c1-3-8-6(2)21(13(19)23)20-12(8)26-11-9(15)4-7(14(16,17)18)5-10(11)22(24)25/h4-5H,3H2,1-2H3,(H2,19,23). The van der Waals surface area contributed by atoms with Gasteiger partial charge in [0.05, 0.1) is 21.2 Å². The molecular formula is C14H12ClF3N4O4. The summed E-state index contributed by atoms with van der Waals surface area (Å²) in [5.41, 5.74) is 3.62. The first-order valence-electron chi connectivity index (χ1n) is 7.08. The van der Waals surface area contributed by atoms with Gasteiger partial charge in [-0.15, -0.1) is 5.10 Å². The number of hydrogen-bond donors (Lipinski definition) is 1. The summed E-state index contributed by atoms with van der Waals surface area (Å²) in [6, 6.07) is -0.0989. The van der Waals surface area contributed by atoms with Crippen molar-refractivity contribution in [2.45, 2.75) is 26.4 Å². The first-order chi connectivity index (χ1) is 12.0. The summed E-state index contributed by atoms with van der Waals surface area (Å²) in [5, 5.41) is 14.4. The van der Waals surface area contributed by atoms with Crippen molar-refractivity contribution >= 4 is 23.3 Å².